The van der Waals surface area contributed by atoms with Crippen LogP contribution in [0.4, 0.5) is 4.39 Å². The van der Waals surface area contributed by atoms with E-state index in [-0.39, 0.29) is 6.61 Å². The molecule has 0 radical (unpaired) electrons. The van der Waals surface area contributed by atoms with Crippen molar-refractivity contribution >= 4 is 45.0 Å². The minimum absolute atomic E-state index is 0.177. The number of aliphatic carboxylic acids is 1. The van der Waals surface area contributed by atoms with Crippen LogP contribution in [0.25, 0.3) is 0 Å². The fraction of sp³-hybridized carbons (Fsp3) is 0.333. The molecule has 43 heavy (non-hydrogen) atoms. The van der Waals surface area contributed by atoms with Gasteiger partial charge in [-0.3, -0.25) is 19.6 Å². The van der Waals surface area contributed by atoms with Crippen molar-refractivity contribution in [3.8, 4) is 5.75 Å². The maximum Gasteiger partial charge on any atom is 0.338 e. The van der Waals surface area contributed by atoms with Crippen LogP contribution in [0.5, 0.6) is 5.75 Å². The van der Waals surface area contributed by atoms with Gasteiger partial charge in [0.05, 0.1) is 19.3 Å². The highest BCUT2D eigenvalue weighted by Crippen LogP contribution is 2.37. The lowest BCUT2D eigenvalue weighted by molar-refractivity contribution is -0.144. The summed E-state index contributed by atoms with van der Waals surface area (Å²) in [6.45, 7) is 4.42. The Morgan fingerprint density at radius 1 is 1.19 bits per heavy atom. The predicted molar refractivity (Wildman–Crippen MR) is 164 cm³/mol. The number of hydrogen-bond donors (Lipinski definition) is 2. The number of amidine groups is 1. The summed E-state index contributed by atoms with van der Waals surface area (Å²) in [5, 5.41) is 15.9. The molecule has 226 valence electrons. The van der Waals surface area contributed by atoms with Crippen LogP contribution in [-0.2, 0) is 14.3 Å². The lowest BCUT2D eigenvalue weighted by Gasteiger charge is -2.39. The molecule has 13 heteroatoms. The molecule has 0 saturated carbocycles. The van der Waals surface area contributed by atoms with Crippen LogP contribution in [0.3, 0.4) is 0 Å². The molecule has 2 aromatic carbocycles. The summed E-state index contributed by atoms with van der Waals surface area (Å²) in [6.07, 6.45) is 1.68. The minimum Gasteiger partial charge on any atom is -0.497 e. The van der Waals surface area contributed by atoms with Crippen LogP contribution in [0.2, 0.25) is 0 Å². The number of carbonyl (C=O) groups excluding carboxylic acids is 1. The van der Waals surface area contributed by atoms with Crippen LogP contribution in [0.1, 0.15) is 35.1 Å². The summed E-state index contributed by atoms with van der Waals surface area (Å²) in [6, 6.07) is 9.81. The third-order valence-corrected chi connectivity index (χ3v) is 8.80. The molecule has 1 fully saturated rings. The normalized spacial score (nSPS) is 18.5. The fourth-order valence-electron chi connectivity index (χ4n) is 5.27. The number of carboxylic acid groups (broad SMARTS) is 1. The van der Waals surface area contributed by atoms with Gasteiger partial charge in [-0.05, 0) is 42.3 Å². The van der Waals surface area contributed by atoms with E-state index in [2.05, 4.69) is 31.1 Å². The smallest absolute Gasteiger partial charge is 0.338 e. The van der Waals surface area contributed by atoms with Crippen molar-refractivity contribution in [3.05, 3.63) is 91.7 Å². The van der Waals surface area contributed by atoms with Gasteiger partial charge in [0.25, 0.3) is 0 Å². The Bertz CT molecular complexity index is 1520. The number of rotatable bonds is 10. The Kier molecular flexibility index (Phi) is 9.86. The zero-order valence-electron chi connectivity index (χ0n) is 23.6. The van der Waals surface area contributed by atoms with E-state index in [9.17, 15) is 19.1 Å². The zero-order valence-corrected chi connectivity index (χ0v) is 26.0. The molecule has 0 spiro atoms. The predicted octanol–water partition coefficient (Wildman–Crippen LogP) is 4.41. The number of hydrogen-bond acceptors (Lipinski definition) is 10. The van der Waals surface area contributed by atoms with Gasteiger partial charge in [0.15, 0.2) is 10.8 Å². The number of benzene rings is 2. The van der Waals surface area contributed by atoms with Gasteiger partial charge >= 0.3 is 11.9 Å². The SMILES string of the molecule is CCOC(=O)C1=C(CN2CCN(C(C(=O)O)c3ccc(OC)cc3)CC2)NC(c2nccs2)=NC1c1ccc(F)cc1Br. The van der Waals surface area contributed by atoms with Crippen LogP contribution in [-0.4, -0.2) is 84.1 Å². The number of esters is 1. The maximum atomic E-state index is 14.0. The number of carboxylic acids is 1. The van der Waals surface area contributed by atoms with Crippen molar-refractivity contribution in [3.63, 3.8) is 0 Å². The average Bonchev–Trinajstić information content (AvgIpc) is 3.53. The summed E-state index contributed by atoms with van der Waals surface area (Å²) in [5.41, 5.74) is 2.24. The number of thiazole rings is 1. The standard InChI is InChI=1S/C30H31BrFN5O5S/c1-3-42-30(40)24-23(34-27(28-33-10-15-43-28)35-25(24)21-9-6-19(32)16-22(21)31)17-36-11-13-37(14-12-36)26(29(38)39)18-4-7-20(41-2)8-5-18/h4-10,15-16,25-26H,3,11-14,17H2,1-2H3,(H,34,35)(H,38,39). The quantitative estimate of drug-likeness (QED) is 0.303. The number of methoxy groups -OCH3 is 1. The molecule has 3 heterocycles. The summed E-state index contributed by atoms with van der Waals surface area (Å²) < 4.78 is 25.2. The molecule has 2 aliphatic rings. The van der Waals surface area contributed by atoms with Crippen molar-refractivity contribution in [2.24, 2.45) is 4.99 Å². The van der Waals surface area contributed by atoms with E-state index in [1.165, 1.54) is 23.5 Å². The van der Waals surface area contributed by atoms with Gasteiger partial charge in [-0.1, -0.05) is 34.1 Å². The van der Waals surface area contributed by atoms with E-state index in [1.54, 1.807) is 50.6 Å². The molecular weight excluding hydrogens is 641 g/mol. The Morgan fingerprint density at radius 2 is 1.93 bits per heavy atom. The highest BCUT2D eigenvalue weighted by Gasteiger charge is 2.36. The Balaban J connectivity index is 1.42. The van der Waals surface area contributed by atoms with Crippen molar-refractivity contribution in [1.82, 2.24) is 20.1 Å². The monoisotopic (exact) mass is 671 g/mol. The number of aromatic nitrogens is 1. The van der Waals surface area contributed by atoms with Crippen LogP contribution in [0.15, 0.2) is 74.8 Å². The first-order valence-electron chi connectivity index (χ1n) is 13.7. The average molecular weight is 673 g/mol. The molecule has 3 aromatic rings. The molecule has 0 bridgehead atoms. The number of aliphatic imine (C=N–C) groups is 1. The van der Waals surface area contributed by atoms with Crippen molar-refractivity contribution < 1.29 is 28.6 Å². The van der Waals surface area contributed by atoms with Gasteiger partial charge in [0.1, 0.15) is 23.7 Å². The summed E-state index contributed by atoms with van der Waals surface area (Å²) >= 11 is 4.87. The molecule has 1 aromatic heterocycles. The highest BCUT2D eigenvalue weighted by atomic mass is 79.9. The Hall–Kier alpha value is -3.65. The lowest BCUT2D eigenvalue weighted by Crippen LogP contribution is -2.51. The molecule has 10 nitrogen and oxygen atoms in total. The zero-order chi connectivity index (χ0) is 30.5. The van der Waals surface area contributed by atoms with Crippen LogP contribution >= 0.6 is 27.3 Å². The van der Waals surface area contributed by atoms with Gasteiger partial charge in [-0.15, -0.1) is 11.3 Å². The van der Waals surface area contributed by atoms with E-state index in [4.69, 9.17) is 14.5 Å². The van der Waals surface area contributed by atoms with Crippen molar-refractivity contribution in [2.75, 3.05) is 46.4 Å². The minimum atomic E-state index is -0.920. The number of halogens is 2. The van der Waals surface area contributed by atoms with Crippen LogP contribution in [0, 0.1) is 5.82 Å². The van der Waals surface area contributed by atoms with E-state index in [1.807, 2.05) is 10.3 Å². The van der Waals surface area contributed by atoms with E-state index >= 15 is 0 Å². The van der Waals surface area contributed by atoms with Crippen LogP contribution < -0.4 is 10.1 Å². The summed E-state index contributed by atoms with van der Waals surface area (Å²) in [4.78, 5) is 39.1. The number of carbonyl (C=O) groups is 2. The first-order valence-corrected chi connectivity index (χ1v) is 15.4. The first-order chi connectivity index (χ1) is 20.8. The molecule has 2 N–H and O–H groups in total. The second kappa shape index (κ2) is 13.8. The number of nitrogens with one attached hydrogen (secondary N) is 1. The van der Waals surface area contributed by atoms with Crippen molar-refractivity contribution in [2.45, 2.75) is 19.0 Å². The van der Waals surface area contributed by atoms with Gasteiger partial charge < -0.3 is 19.9 Å². The summed E-state index contributed by atoms with van der Waals surface area (Å²) in [7, 11) is 1.57. The fourth-order valence-corrected chi connectivity index (χ4v) is 6.42. The Labute approximate surface area is 261 Å². The first kappa shape index (κ1) is 30.8. The molecule has 2 atom stereocenters. The van der Waals surface area contributed by atoms with Gasteiger partial charge in [-0.25, -0.2) is 14.2 Å². The molecule has 0 amide bonds. The lowest BCUT2D eigenvalue weighted by atomic mass is 9.95. The topological polar surface area (TPSA) is 117 Å². The van der Waals surface area contributed by atoms with Gasteiger partial charge in [0.2, 0.25) is 0 Å². The molecular formula is C30H31BrFN5O5S. The molecule has 2 unspecified atom stereocenters. The third-order valence-electron chi connectivity index (χ3n) is 7.33. The number of piperazine rings is 1. The highest BCUT2D eigenvalue weighted by molar-refractivity contribution is 9.10. The summed E-state index contributed by atoms with van der Waals surface area (Å²) in [5.74, 6) is -0.685. The Morgan fingerprint density at radius 3 is 2.53 bits per heavy atom. The van der Waals surface area contributed by atoms with E-state index < -0.39 is 29.8 Å². The molecule has 5 rings (SSSR count). The number of nitrogens with zero attached hydrogens (tertiary/aromatic N) is 4. The third kappa shape index (κ3) is 6.96. The van der Waals surface area contributed by atoms with Gasteiger partial charge in [-0.2, -0.15) is 0 Å². The largest absolute Gasteiger partial charge is 0.497 e. The molecule has 1 saturated heterocycles. The maximum absolute atomic E-state index is 14.0. The molecule has 0 aliphatic carbocycles. The van der Waals surface area contributed by atoms with Gasteiger partial charge in [0, 0.05) is 54.5 Å². The van der Waals surface area contributed by atoms with E-state index in [0.717, 1.165) is 0 Å². The van der Waals surface area contributed by atoms with Crippen molar-refractivity contribution in [1.29, 1.82) is 0 Å². The number of ether oxygens (including phenoxy) is 2. The second-order valence-corrected chi connectivity index (χ2v) is 11.7. The van der Waals surface area contributed by atoms with E-state index in [0.29, 0.717) is 76.2 Å². The molecule has 2 aliphatic heterocycles. The second-order valence-electron chi connectivity index (χ2n) is 9.95.